The molecule has 0 aliphatic rings. The van der Waals surface area contributed by atoms with Crippen LogP contribution < -0.4 is 15.2 Å². The Labute approximate surface area is 122 Å². The van der Waals surface area contributed by atoms with Gasteiger partial charge in [0.15, 0.2) is 17.3 Å². The third kappa shape index (κ3) is 3.82. The van der Waals surface area contributed by atoms with Gasteiger partial charge in [0.25, 0.3) is 0 Å². The maximum absolute atomic E-state index is 8.56. The smallest absolute Gasteiger partial charge is 0.238 e. The summed E-state index contributed by atoms with van der Waals surface area (Å²) in [6.45, 7) is 2.63. The van der Waals surface area contributed by atoms with Gasteiger partial charge in [-0.25, -0.2) is 9.97 Å². The molecular formula is C14H16N4O3. The Balaban J connectivity index is 2.14. The van der Waals surface area contributed by atoms with Crippen LogP contribution in [0.2, 0.25) is 0 Å². The Hall–Kier alpha value is -2.83. The van der Waals surface area contributed by atoms with Crippen molar-refractivity contribution in [2.75, 3.05) is 6.61 Å². The summed E-state index contributed by atoms with van der Waals surface area (Å²) in [7, 11) is 0. The van der Waals surface area contributed by atoms with Gasteiger partial charge >= 0.3 is 0 Å². The van der Waals surface area contributed by atoms with Crippen LogP contribution in [0.25, 0.3) is 0 Å². The highest BCUT2D eigenvalue weighted by atomic mass is 16.5. The van der Waals surface area contributed by atoms with E-state index in [4.69, 9.17) is 20.4 Å². The fourth-order valence-electron chi connectivity index (χ4n) is 1.53. The van der Waals surface area contributed by atoms with Crippen LogP contribution in [-0.2, 0) is 0 Å². The topological polar surface area (TPSA) is 103 Å². The van der Waals surface area contributed by atoms with E-state index in [2.05, 4.69) is 15.1 Å². The molecule has 0 unspecified atom stereocenters. The van der Waals surface area contributed by atoms with Gasteiger partial charge in [-0.15, -0.1) is 0 Å². The molecule has 1 heterocycles. The van der Waals surface area contributed by atoms with E-state index in [1.165, 1.54) is 12.4 Å². The first-order valence-electron chi connectivity index (χ1n) is 6.44. The van der Waals surface area contributed by atoms with Gasteiger partial charge in [0.1, 0.15) is 5.69 Å². The third-order valence-corrected chi connectivity index (χ3v) is 2.52. The molecule has 2 aromatic rings. The van der Waals surface area contributed by atoms with Crippen molar-refractivity contribution in [3.05, 3.63) is 42.4 Å². The highest BCUT2D eigenvalue weighted by Gasteiger charge is 2.08. The first-order valence-corrected chi connectivity index (χ1v) is 6.44. The van der Waals surface area contributed by atoms with Crippen molar-refractivity contribution >= 4 is 5.84 Å². The lowest BCUT2D eigenvalue weighted by atomic mass is 10.3. The maximum atomic E-state index is 8.56. The zero-order chi connectivity index (χ0) is 15.1. The van der Waals surface area contributed by atoms with Crippen molar-refractivity contribution in [3.63, 3.8) is 0 Å². The quantitative estimate of drug-likeness (QED) is 0.365. The van der Waals surface area contributed by atoms with Crippen LogP contribution >= 0.6 is 0 Å². The van der Waals surface area contributed by atoms with Gasteiger partial charge in [-0.1, -0.05) is 24.2 Å². The second-order valence-corrected chi connectivity index (χ2v) is 4.12. The second-order valence-electron chi connectivity index (χ2n) is 4.12. The van der Waals surface area contributed by atoms with Gasteiger partial charge in [0.05, 0.1) is 19.0 Å². The molecule has 0 radical (unpaired) electrons. The molecule has 7 heteroatoms. The summed E-state index contributed by atoms with van der Waals surface area (Å²) >= 11 is 0. The number of benzene rings is 1. The number of ether oxygens (including phenoxy) is 2. The molecule has 1 aromatic carbocycles. The van der Waals surface area contributed by atoms with Crippen LogP contribution in [0.1, 0.15) is 19.0 Å². The van der Waals surface area contributed by atoms with Crippen molar-refractivity contribution in [1.29, 1.82) is 0 Å². The molecule has 0 atom stereocenters. The predicted octanol–water partition coefficient (Wildman–Crippen LogP) is 2.15. The van der Waals surface area contributed by atoms with Crippen LogP contribution in [0.4, 0.5) is 0 Å². The summed E-state index contributed by atoms with van der Waals surface area (Å²) in [6.07, 6.45) is 3.66. The average molecular weight is 288 g/mol. The summed E-state index contributed by atoms with van der Waals surface area (Å²) < 4.78 is 11.2. The first-order chi connectivity index (χ1) is 10.2. The van der Waals surface area contributed by atoms with Crippen LogP contribution in [0.5, 0.6) is 17.4 Å². The molecule has 1 aromatic heterocycles. The van der Waals surface area contributed by atoms with Gasteiger partial charge in [0, 0.05) is 0 Å². The van der Waals surface area contributed by atoms with Crippen LogP contribution in [-0.4, -0.2) is 27.6 Å². The van der Waals surface area contributed by atoms with Crippen molar-refractivity contribution in [1.82, 2.24) is 9.97 Å². The molecule has 2 rings (SSSR count). The van der Waals surface area contributed by atoms with Crippen molar-refractivity contribution < 1.29 is 14.7 Å². The van der Waals surface area contributed by atoms with E-state index < -0.39 is 0 Å². The Bertz CT molecular complexity index is 614. The first kappa shape index (κ1) is 14.6. The summed E-state index contributed by atoms with van der Waals surface area (Å²) in [5.41, 5.74) is 5.68. The molecule has 3 N–H and O–H groups in total. The SMILES string of the molecule is CCCOc1ccccc1Oc1cnc(C(N)=NO)cn1. The van der Waals surface area contributed by atoms with Crippen LogP contribution in [0.15, 0.2) is 41.8 Å². The Morgan fingerprint density at radius 1 is 1.24 bits per heavy atom. The van der Waals surface area contributed by atoms with E-state index in [0.717, 1.165) is 6.42 Å². The number of hydrogen-bond donors (Lipinski definition) is 2. The molecule has 0 spiro atoms. The minimum Gasteiger partial charge on any atom is -0.490 e. The number of amidine groups is 1. The van der Waals surface area contributed by atoms with E-state index in [1.54, 1.807) is 6.07 Å². The molecule has 0 amide bonds. The number of nitrogens with zero attached hydrogens (tertiary/aromatic N) is 3. The minimum absolute atomic E-state index is 0.110. The molecule has 0 saturated carbocycles. The molecule has 0 aliphatic carbocycles. The lowest BCUT2D eigenvalue weighted by Crippen LogP contribution is -2.15. The van der Waals surface area contributed by atoms with E-state index in [1.807, 2.05) is 25.1 Å². The molecular weight excluding hydrogens is 272 g/mol. The van der Waals surface area contributed by atoms with E-state index >= 15 is 0 Å². The molecule has 110 valence electrons. The number of oxime groups is 1. The molecule has 7 nitrogen and oxygen atoms in total. The summed E-state index contributed by atoms with van der Waals surface area (Å²) in [5.74, 6) is 1.37. The van der Waals surface area contributed by atoms with Crippen LogP contribution in [0, 0.1) is 0 Å². The Morgan fingerprint density at radius 2 is 2.00 bits per heavy atom. The fraction of sp³-hybridized carbons (Fsp3) is 0.214. The van der Waals surface area contributed by atoms with Crippen molar-refractivity contribution in [2.24, 2.45) is 10.9 Å². The lowest BCUT2D eigenvalue weighted by molar-refractivity contribution is 0.300. The Morgan fingerprint density at radius 3 is 2.62 bits per heavy atom. The minimum atomic E-state index is -0.110. The largest absolute Gasteiger partial charge is 0.490 e. The molecule has 0 bridgehead atoms. The van der Waals surface area contributed by atoms with E-state index in [9.17, 15) is 0 Å². The van der Waals surface area contributed by atoms with Gasteiger partial charge in [-0.05, 0) is 18.6 Å². The summed E-state index contributed by atoms with van der Waals surface area (Å²) in [4.78, 5) is 8.05. The van der Waals surface area contributed by atoms with Crippen molar-refractivity contribution in [2.45, 2.75) is 13.3 Å². The molecule has 21 heavy (non-hydrogen) atoms. The fourth-order valence-corrected chi connectivity index (χ4v) is 1.53. The van der Waals surface area contributed by atoms with Gasteiger partial charge in [0.2, 0.25) is 5.88 Å². The van der Waals surface area contributed by atoms with Crippen LogP contribution in [0.3, 0.4) is 0 Å². The summed E-state index contributed by atoms with van der Waals surface area (Å²) in [6, 6.07) is 7.31. The van der Waals surface area contributed by atoms with Gasteiger partial charge < -0.3 is 20.4 Å². The van der Waals surface area contributed by atoms with Gasteiger partial charge in [-0.2, -0.15) is 0 Å². The van der Waals surface area contributed by atoms with E-state index in [-0.39, 0.29) is 17.4 Å². The number of nitrogens with two attached hydrogens (primary N) is 1. The highest BCUT2D eigenvalue weighted by Crippen LogP contribution is 2.30. The van der Waals surface area contributed by atoms with Crippen molar-refractivity contribution in [3.8, 4) is 17.4 Å². The summed E-state index contributed by atoms with van der Waals surface area (Å²) in [5, 5.41) is 11.4. The maximum Gasteiger partial charge on any atom is 0.238 e. The number of hydrogen-bond acceptors (Lipinski definition) is 6. The second kappa shape index (κ2) is 7.09. The third-order valence-electron chi connectivity index (χ3n) is 2.52. The lowest BCUT2D eigenvalue weighted by Gasteiger charge is -2.11. The average Bonchev–Trinajstić information content (AvgIpc) is 2.54. The monoisotopic (exact) mass is 288 g/mol. The standard InChI is InChI=1S/C14H16N4O3/c1-2-7-20-11-5-3-4-6-12(11)21-13-9-16-10(8-17-13)14(15)18-19/h3-6,8-9,19H,2,7H2,1H3,(H2,15,18). The number of rotatable bonds is 6. The molecule has 0 aliphatic heterocycles. The normalized spacial score (nSPS) is 11.2. The van der Waals surface area contributed by atoms with Gasteiger partial charge in [-0.3, -0.25) is 0 Å². The predicted molar refractivity (Wildman–Crippen MR) is 76.8 cm³/mol. The zero-order valence-electron chi connectivity index (χ0n) is 11.6. The Kier molecular flexibility index (Phi) is 4.92. The highest BCUT2D eigenvalue weighted by molar-refractivity contribution is 5.94. The molecule has 0 fully saturated rings. The number of aromatic nitrogens is 2. The molecule has 0 saturated heterocycles. The zero-order valence-corrected chi connectivity index (χ0v) is 11.6. The van der Waals surface area contributed by atoms with E-state index in [0.29, 0.717) is 18.1 Å². The number of para-hydroxylation sites is 2.